The van der Waals surface area contributed by atoms with Gasteiger partial charge in [0.15, 0.2) is 0 Å². The molecule has 3 rings (SSSR count). The molecule has 4 heteroatoms. The Kier molecular flexibility index (Phi) is 3.00. The average molecular weight is 272 g/mol. The van der Waals surface area contributed by atoms with E-state index in [0.29, 0.717) is 5.75 Å². The number of allylic oxidation sites excluding steroid dienone is 1. The molecule has 0 radical (unpaired) electrons. The van der Waals surface area contributed by atoms with Crippen molar-refractivity contribution in [1.29, 1.82) is 0 Å². The van der Waals surface area contributed by atoms with E-state index >= 15 is 0 Å². The van der Waals surface area contributed by atoms with Crippen molar-refractivity contribution in [2.75, 3.05) is 0 Å². The Morgan fingerprint density at radius 1 is 1.10 bits per heavy atom. The van der Waals surface area contributed by atoms with E-state index in [4.69, 9.17) is 9.31 Å². The SMILES string of the molecule is CC1(C)OB(c2ccc3c(c2O)CCC=C3)OC1(C)C. The van der Waals surface area contributed by atoms with E-state index < -0.39 is 7.12 Å². The highest BCUT2D eigenvalue weighted by Crippen LogP contribution is 2.38. The molecule has 20 heavy (non-hydrogen) atoms. The first-order chi connectivity index (χ1) is 9.32. The van der Waals surface area contributed by atoms with Crippen LogP contribution in [-0.2, 0) is 15.7 Å². The van der Waals surface area contributed by atoms with Crippen LogP contribution in [0.4, 0.5) is 0 Å². The summed E-state index contributed by atoms with van der Waals surface area (Å²) in [6, 6.07) is 3.94. The molecule has 2 aliphatic rings. The summed E-state index contributed by atoms with van der Waals surface area (Å²) in [5.41, 5.74) is 2.05. The number of phenols is 1. The number of rotatable bonds is 1. The maximum Gasteiger partial charge on any atom is 0.498 e. The van der Waals surface area contributed by atoms with Gasteiger partial charge in [-0.05, 0) is 46.1 Å². The van der Waals surface area contributed by atoms with Crippen LogP contribution in [-0.4, -0.2) is 23.4 Å². The minimum absolute atomic E-state index is 0.324. The summed E-state index contributed by atoms with van der Waals surface area (Å²) in [7, 11) is -0.504. The van der Waals surface area contributed by atoms with Crippen molar-refractivity contribution in [1.82, 2.24) is 0 Å². The molecule has 106 valence electrons. The van der Waals surface area contributed by atoms with Crippen molar-refractivity contribution in [3.05, 3.63) is 29.3 Å². The summed E-state index contributed by atoms with van der Waals surface area (Å²) in [6.45, 7) is 8.08. The van der Waals surface area contributed by atoms with Gasteiger partial charge in [0.05, 0.1) is 11.2 Å². The molecule has 0 bridgehead atoms. The summed E-state index contributed by atoms with van der Waals surface area (Å²) in [5.74, 6) is 0.324. The zero-order chi connectivity index (χ0) is 14.5. The third-order valence-electron chi connectivity index (χ3n) is 4.72. The molecule has 1 aromatic carbocycles. The molecule has 0 saturated carbocycles. The first-order valence-corrected chi connectivity index (χ1v) is 7.19. The lowest BCUT2D eigenvalue weighted by atomic mass is 9.75. The van der Waals surface area contributed by atoms with E-state index in [1.54, 1.807) is 0 Å². The number of hydrogen-bond acceptors (Lipinski definition) is 3. The van der Waals surface area contributed by atoms with Crippen LogP contribution in [0.15, 0.2) is 18.2 Å². The van der Waals surface area contributed by atoms with Gasteiger partial charge in [-0.3, -0.25) is 0 Å². The molecule has 0 amide bonds. The van der Waals surface area contributed by atoms with Gasteiger partial charge >= 0.3 is 7.12 Å². The smallest absolute Gasteiger partial charge is 0.498 e. The molecular formula is C16H21BO3. The van der Waals surface area contributed by atoms with Crippen LogP contribution >= 0.6 is 0 Å². The molecule has 1 heterocycles. The third-order valence-corrected chi connectivity index (χ3v) is 4.72. The van der Waals surface area contributed by atoms with Gasteiger partial charge in [0.2, 0.25) is 0 Å². The minimum atomic E-state index is -0.504. The van der Waals surface area contributed by atoms with Crippen molar-refractivity contribution < 1.29 is 14.4 Å². The third kappa shape index (κ3) is 1.98. The first kappa shape index (κ1) is 13.7. The van der Waals surface area contributed by atoms with Crippen LogP contribution in [0.25, 0.3) is 6.08 Å². The van der Waals surface area contributed by atoms with Gasteiger partial charge in [-0.1, -0.05) is 24.3 Å². The molecule has 1 fully saturated rings. The molecule has 1 N–H and O–H groups in total. The lowest BCUT2D eigenvalue weighted by molar-refractivity contribution is 0.00578. The van der Waals surface area contributed by atoms with E-state index in [-0.39, 0.29) is 11.2 Å². The minimum Gasteiger partial charge on any atom is -0.508 e. The second kappa shape index (κ2) is 4.37. The van der Waals surface area contributed by atoms with E-state index in [0.717, 1.165) is 29.4 Å². The summed E-state index contributed by atoms with van der Waals surface area (Å²) < 4.78 is 12.0. The Labute approximate surface area is 120 Å². The van der Waals surface area contributed by atoms with E-state index in [1.807, 2.05) is 39.8 Å². The predicted octanol–water partition coefficient (Wildman–Crippen LogP) is 2.65. The average Bonchev–Trinajstić information content (AvgIpc) is 2.59. The fourth-order valence-corrected chi connectivity index (χ4v) is 2.69. The molecule has 0 atom stereocenters. The number of benzene rings is 1. The van der Waals surface area contributed by atoms with Crippen LogP contribution in [0.2, 0.25) is 0 Å². The molecule has 0 aromatic heterocycles. The van der Waals surface area contributed by atoms with Crippen LogP contribution in [0.1, 0.15) is 45.2 Å². The summed E-state index contributed by atoms with van der Waals surface area (Å²) in [4.78, 5) is 0. The van der Waals surface area contributed by atoms with Crippen LogP contribution in [0.3, 0.4) is 0 Å². The lowest BCUT2D eigenvalue weighted by Crippen LogP contribution is -2.41. The van der Waals surface area contributed by atoms with Crippen molar-refractivity contribution in [2.24, 2.45) is 0 Å². The Hall–Kier alpha value is -1.26. The number of phenolic OH excluding ortho intramolecular Hbond substituents is 1. The Bertz CT molecular complexity index is 559. The molecule has 1 saturated heterocycles. The van der Waals surface area contributed by atoms with Gasteiger partial charge in [0, 0.05) is 11.0 Å². The molecule has 0 unspecified atom stereocenters. The maximum absolute atomic E-state index is 10.5. The van der Waals surface area contributed by atoms with Crippen LogP contribution < -0.4 is 5.46 Å². The van der Waals surface area contributed by atoms with Gasteiger partial charge in [0.1, 0.15) is 5.75 Å². The highest BCUT2D eigenvalue weighted by molar-refractivity contribution is 6.63. The lowest BCUT2D eigenvalue weighted by Gasteiger charge is -2.32. The molecule has 0 spiro atoms. The van der Waals surface area contributed by atoms with Gasteiger partial charge in [-0.25, -0.2) is 0 Å². The zero-order valence-electron chi connectivity index (χ0n) is 12.6. The molecular weight excluding hydrogens is 251 g/mol. The standard InChI is InChI=1S/C16H21BO3/c1-15(2)16(3,4)20-17(19-15)13-10-9-11-7-5-6-8-12(11)14(13)18/h5,7,9-10,18H,6,8H2,1-4H3. The normalized spacial score (nSPS) is 22.9. The maximum atomic E-state index is 10.5. The second-order valence-corrected chi connectivity index (χ2v) is 6.60. The van der Waals surface area contributed by atoms with Crippen LogP contribution in [0, 0.1) is 0 Å². The number of fused-ring (bicyclic) bond motifs is 1. The monoisotopic (exact) mass is 272 g/mol. The largest absolute Gasteiger partial charge is 0.508 e. The molecule has 1 aromatic rings. The quantitative estimate of drug-likeness (QED) is 0.799. The Balaban J connectivity index is 1.99. The van der Waals surface area contributed by atoms with E-state index in [9.17, 15) is 5.11 Å². The first-order valence-electron chi connectivity index (χ1n) is 7.19. The van der Waals surface area contributed by atoms with Crippen molar-refractivity contribution in [3.8, 4) is 5.75 Å². The Morgan fingerprint density at radius 3 is 2.40 bits per heavy atom. The number of aromatic hydroxyl groups is 1. The highest BCUT2D eigenvalue weighted by Gasteiger charge is 2.52. The van der Waals surface area contributed by atoms with Crippen molar-refractivity contribution in [3.63, 3.8) is 0 Å². The van der Waals surface area contributed by atoms with Crippen LogP contribution in [0.5, 0.6) is 5.75 Å². The van der Waals surface area contributed by atoms with Crippen molar-refractivity contribution in [2.45, 2.75) is 51.7 Å². The van der Waals surface area contributed by atoms with E-state index in [2.05, 4.69) is 12.2 Å². The summed E-state index contributed by atoms with van der Waals surface area (Å²) >= 11 is 0. The predicted molar refractivity (Wildman–Crippen MR) is 81.2 cm³/mol. The molecule has 1 aliphatic carbocycles. The Morgan fingerprint density at radius 2 is 1.75 bits per heavy atom. The van der Waals surface area contributed by atoms with Crippen molar-refractivity contribution >= 4 is 18.7 Å². The van der Waals surface area contributed by atoms with E-state index in [1.165, 1.54) is 0 Å². The second-order valence-electron chi connectivity index (χ2n) is 6.60. The fraction of sp³-hybridized carbons (Fsp3) is 0.500. The summed E-state index contributed by atoms with van der Waals surface area (Å²) in [6.07, 6.45) is 6.03. The number of hydrogen-bond donors (Lipinski definition) is 1. The fourth-order valence-electron chi connectivity index (χ4n) is 2.69. The highest BCUT2D eigenvalue weighted by atomic mass is 16.7. The van der Waals surface area contributed by atoms with Gasteiger partial charge < -0.3 is 14.4 Å². The zero-order valence-corrected chi connectivity index (χ0v) is 12.6. The van der Waals surface area contributed by atoms with Gasteiger partial charge in [0.25, 0.3) is 0 Å². The topological polar surface area (TPSA) is 38.7 Å². The molecule has 3 nitrogen and oxygen atoms in total. The van der Waals surface area contributed by atoms with Gasteiger partial charge in [-0.2, -0.15) is 0 Å². The van der Waals surface area contributed by atoms with Gasteiger partial charge in [-0.15, -0.1) is 0 Å². The summed E-state index contributed by atoms with van der Waals surface area (Å²) in [5, 5.41) is 10.5. The molecule has 1 aliphatic heterocycles.